The molecule has 3 fully saturated rings. The first kappa shape index (κ1) is 19.2. The van der Waals surface area contributed by atoms with E-state index in [-0.39, 0.29) is 30.3 Å². The molecule has 3 saturated carbocycles. The van der Waals surface area contributed by atoms with Crippen LogP contribution in [0.2, 0.25) is 0 Å². The summed E-state index contributed by atoms with van der Waals surface area (Å²) in [6.07, 6.45) is -1.62. The zero-order valence-electron chi connectivity index (χ0n) is 16.4. The molecule has 6 unspecified atom stereocenters. The normalized spacial score (nSPS) is 33.4. The molecule has 4 aliphatic carbocycles. The van der Waals surface area contributed by atoms with E-state index in [4.69, 9.17) is 5.73 Å². The number of aromatic nitrogens is 2. The van der Waals surface area contributed by atoms with Gasteiger partial charge < -0.3 is 5.73 Å². The standard InChI is InChI=1S/C22H20F4N4O/c23-12-2-1-3-13(24)18(12)14-5-10-9-4-11-17(9)20-19(11)22(20,21(10)29-28-14)8-30(6-15(25)26)7-16(27)31/h1-3,5,9,11,15,17,19-20H,4,6-8H2,(H2,27,31). The summed E-state index contributed by atoms with van der Waals surface area (Å²) in [6.45, 7) is -0.514. The fraction of sp³-hybridized carbons (Fsp3) is 0.500. The van der Waals surface area contributed by atoms with E-state index in [2.05, 4.69) is 10.2 Å². The molecule has 5 nitrogen and oxygen atoms in total. The predicted molar refractivity (Wildman–Crippen MR) is 102 cm³/mol. The van der Waals surface area contributed by atoms with E-state index >= 15 is 0 Å². The van der Waals surface area contributed by atoms with Crippen molar-refractivity contribution < 1.29 is 22.4 Å². The Hall–Kier alpha value is -2.55. The van der Waals surface area contributed by atoms with Crippen LogP contribution in [-0.4, -0.2) is 47.1 Å². The molecule has 1 amide bonds. The van der Waals surface area contributed by atoms with Gasteiger partial charge in [0.2, 0.25) is 5.91 Å². The van der Waals surface area contributed by atoms with E-state index in [0.717, 1.165) is 17.7 Å². The molecule has 1 heterocycles. The van der Waals surface area contributed by atoms with Gasteiger partial charge in [-0.15, -0.1) is 0 Å². The van der Waals surface area contributed by atoms with Crippen LogP contribution in [0.5, 0.6) is 0 Å². The second kappa shape index (κ2) is 6.25. The topological polar surface area (TPSA) is 72.1 Å². The van der Waals surface area contributed by atoms with Crippen LogP contribution >= 0.6 is 0 Å². The quantitative estimate of drug-likeness (QED) is 0.683. The van der Waals surface area contributed by atoms with E-state index in [0.29, 0.717) is 23.7 Å². The van der Waals surface area contributed by atoms with Crippen molar-refractivity contribution in [2.75, 3.05) is 19.6 Å². The summed E-state index contributed by atoms with van der Waals surface area (Å²) in [6, 6.07) is 5.38. The van der Waals surface area contributed by atoms with Crippen molar-refractivity contribution >= 4 is 5.91 Å². The van der Waals surface area contributed by atoms with Crippen LogP contribution < -0.4 is 5.73 Å². The molecular weight excluding hydrogens is 412 g/mol. The number of fused-ring (bicyclic) bond motifs is 5. The third-order valence-corrected chi connectivity index (χ3v) is 7.97. The van der Waals surface area contributed by atoms with Crippen molar-refractivity contribution in [3.05, 3.63) is 47.2 Å². The summed E-state index contributed by atoms with van der Waals surface area (Å²) in [5.74, 6) is -0.148. The Labute approximate surface area is 175 Å². The molecule has 0 saturated heterocycles. The lowest BCUT2D eigenvalue weighted by Crippen LogP contribution is -2.47. The smallest absolute Gasteiger partial charge is 0.251 e. The summed E-state index contributed by atoms with van der Waals surface area (Å²) in [7, 11) is 0. The first-order valence-electron chi connectivity index (χ1n) is 10.4. The van der Waals surface area contributed by atoms with Gasteiger partial charge >= 0.3 is 0 Å². The lowest BCUT2D eigenvalue weighted by atomic mass is 9.51. The highest BCUT2D eigenvalue weighted by Gasteiger charge is 2.86. The maximum Gasteiger partial charge on any atom is 0.251 e. The molecule has 162 valence electrons. The molecule has 1 aromatic heterocycles. The van der Waals surface area contributed by atoms with Gasteiger partial charge in [0, 0.05) is 12.0 Å². The van der Waals surface area contributed by atoms with Crippen molar-refractivity contribution in [2.45, 2.75) is 24.2 Å². The maximum absolute atomic E-state index is 14.3. The van der Waals surface area contributed by atoms with Crippen molar-refractivity contribution in [3.63, 3.8) is 0 Å². The van der Waals surface area contributed by atoms with E-state index < -0.39 is 35.9 Å². The van der Waals surface area contributed by atoms with Gasteiger partial charge in [0.1, 0.15) is 11.6 Å². The molecule has 0 spiro atoms. The summed E-state index contributed by atoms with van der Waals surface area (Å²) < 4.78 is 54.9. The molecule has 9 heteroatoms. The monoisotopic (exact) mass is 432 g/mol. The number of carbonyl (C=O) groups is 1. The second-order valence-corrected chi connectivity index (χ2v) is 9.33. The number of carbonyl (C=O) groups excluding carboxylic acids is 1. The summed E-state index contributed by atoms with van der Waals surface area (Å²) in [4.78, 5) is 12.9. The molecule has 4 aliphatic rings. The van der Waals surface area contributed by atoms with Crippen LogP contribution in [0.3, 0.4) is 0 Å². The second-order valence-electron chi connectivity index (χ2n) is 9.33. The molecule has 0 radical (unpaired) electrons. The van der Waals surface area contributed by atoms with Crippen LogP contribution in [0.4, 0.5) is 17.6 Å². The van der Waals surface area contributed by atoms with E-state index in [1.165, 1.54) is 23.1 Å². The Morgan fingerprint density at radius 3 is 2.65 bits per heavy atom. The van der Waals surface area contributed by atoms with Gasteiger partial charge in [-0.25, -0.2) is 17.6 Å². The van der Waals surface area contributed by atoms with Gasteiger partial charge in [-0.3, -0.25) is 9.69 Å². The highest BCUT2D eigenvalue weighted by Crippen LogP contribution is 2.87. The third kappa shape index (κ3) is 2.43. The number of primary amides is 1. The van der Waals surface area contributed by atoms with Crippen molar-refractivity contribution in [1.82, 2.24) is 15.1 Å². The highest BCUT2D eigenvalue weighted by molar-refractivity contribution is 5.76. The van der Waals surface area contributed by atoms with E-state index in [9.17, 15) is 22.4 Å². The molecular formula is C22H20F4N4O. The van der Waals surface area contributed by atoms with Crippen LogP contribution in [-0.2, 0) is 10.2 Å². The molecule has 0 aliphatic heterocycles. The fourth-order valence-electron chi connectivity index (χ4n) is 7.02. The van der Waals surface area contributed by atoms with Crippen LogP contribution in [0, 0.1) is 35.3 Å². The first-order chi connectivity index (χ1) is 14.8. The maximum atomic E-state index is 14.3. The SMILES string of the molecule is NC(=O)CN(CC(F)F)CC12c3nnc(-c4c(F)cccc4F)cc3C3CC4C3C1C42. The Morgan fingerprint density at radius 2 is 1.97 bits per heavy atom. The van der Waals surface area contributed by atoms with Gasteiger partial charge in [0.15, 0.2) is 0 Å². The Balaban J connectivity index is 1.41. The van der Waals surface area contributed by atoms with Crippen LogP contribution in [0.25, 0.3) is 11.3 Å². The molecule has 1 aromatic carbocycles. The predicted octanol–water partition coefficient (Wildman–Crippen LogP) is 2.70. The van der Waals surface area contributed by atoms with E-state index in [1.54, 1.807) is 6.07 Å². The van der Waals surface area contributed by atoms with Crippen molar-refractivity contribution in [3.8, 4) is 11.3 Å². The van der Waals surface area contributed by atoms with Gasteiger partial charge in [-0.2, -0.15) is 10.2 Å². The zero-order valence-corrected chi connectivity index (χ0v) is 16.4. The number of nitrogens with two attached hydrogens (primary N) is 1. The Morgan fingerprint density at radius 1 is 1.23 bits per heavy atom. The van der Waals surface area contributed by atoms with Gasteiger partial charge in [0.25, 0.3) is 6.43 Å². The van der Waals surface area contributed by atoms with Crippen LogP contribution in [0.1, 0.15) is 23.6 Å². The largest absolute Gasteiger partial charge is 0.369 e. The molecule has 6 atom stereocenters. The van der Waals surface area contributed by atoms with Crippen molar-refractivity contribution in [2.24, 2.45) is 29.4 Å². The number of alkyl halides is 2. The van der Waals surface area contributed by atoms with Gasteiger partial charge in [0.05, 0.1) is 30.0 Å². The molecule has 31 heavy (non-hydrogen) atoms. The fourth-order valence-corrected chi connectivity index (χ4v) is 7.02. The lowest BCUT2D eigenvalue weighted by Gasteiger charge is -2.53. The first-order valence-corrected chi connectivity index (χ1v) is 10.4. The third-order valence-electron chi connectivity index (χ3n) is 7.97. The average Bonchev–Trinajstić information content (AvgIpc) is 3.27. The summed E-state index contributed by atoms with van der Waals surface area (Å²) in [5, 5.41) is 8.58. The van der Waals surface area contributed by atoms with E-state index in [1.807, 2.05) is 0 Å². The Bertz CT molecular complexity index is 1080. The average molecular weight is 432 g/mol. The number of hydrogen-bond acceptors (Lipinski definition) is 4. The molecule has 2 N–H and O–H groups in total. The van der Waals surface area contributed by atoms with Gasteiger partial charge in [-0.05, 0) is 59.8 Å². The molecule has 2 aromatic rings. The summed E-state index contributed by atoms with van der Waals surface area (Å²) >= 11 is 0. The lowest BCUT2D eigenvalue weighted by molar-refractivity contribution is -0.119. The number of hydrogen-bond donors (Lipinski definition) is 1. The number of nitrogens with zero attached hydrogens (tertiary/aromatic N) is 3. The van der Waals surface area contributed by atoms with Gasteiger partial charge in [-0.1, -0.05) is 6.07 Å². The summed E-state index contributed by atoms with van der Waals surface area (Å²) in [5.41, 5.74) is 6.46. The number of rotatable bonds is 7. The number of benzene rings is 1. The number of halogens is 4. The minimum atomic E-state index is -2.59. The molecule has 0 bridgehead atoms. The van der Waals surface area contributed by atoms with Crippen molar-refractivity contribution in [1.29, 1.82) is 0 Å². The minimum absolute atomic E-state index is 0.144. The van der Waals surface area contributed by atoms with Crippen LogP contribution in [0.15, 0.2) is 24.3 Å². The Kier molecular flexibility index (Phi) is 3.86. The zero-order chi connectivity index (χ0) is 21.7. The highest BCUT2D eigenvalue weighted by atomic mass is 19.3. The number of amides is 1. The minimum Gasteiger partial charge on any atom is -0.369 e. The molecule has 6 rings (SSSR count).